The van der Waals surface area contributed by atoms with Gasteiger partial charge in [0, 0.05) is 49.2 Å². The molecule has 1 aromatic heterocycles. The minimum atomic E-state index is -4.43. The highest BCUT2D eigenvalue weighted by Crippen LogP contribution is 2.36. The average Bonchev–Trinajstić information content (AvgIpc) is 3.26. The van der Waals surface area contributed by atoms with Crippen molar-refractivity contribution in [1.82, 2.24) is 31.0 Å². The number of amides is 3. The van der Waals surface area contributed by atoms with Crippen LogP contribution in [-0.4, -0.2) is 101 Å². The largest absolute Gasteiger partial charge is 0.444 e. The number of nitrogens with zero attached hydrogens (tertiary/aromatic N) is 4. The number of aliphatic hydroxyl groups is 1. The zero-order valence-corrected chi connectivity index (χ0v) is 40.4. The molecule has 1 aliphatic heterocycles. The van der Waals surface area contributed by atoms with Gasteiger partial charge in [0.05, 0.1) is 23.3 Å². The van der Waals surface area contributed by atoms with Gasteiger partial charge in [-0.25, -0.2) is 4.79 Å². The van der Waals surface area contributed by atoms with Crippen molar-refractivity contribution >= 4 is 40.2 Å². The second-order valence-corrected chi connectivity index (χ2v) is 19.2. The van der Waals surface area contributed by atoms with Gasteiger partial charge in [-0.05, 0) is 115 Å². The molecule has 1 saturated heterocycles. The summed E-state index contributed by atoms with van der Waals surface area (Å²) in [6.07, 6.45) is -1.35. The number of alkyl halides is 3. The lowest BCUT2D eigenvalue weighted by molar-refractivity contribution is -0.138. The summed E-state index contributed by atoms with van der Waals surface area (Å²) in [6.45, 7) is 19.4. The number of carbonyl (C=O) groups is 3. The highest BCUT2D eigenvalue weighted by molar-refractivity contribution is 5.95. The second-order valence-electron chi connectivity index (χ2n) is 19.2. The molecule has 4 atom stereocenters. The van der Waals surface area contributed by atoms with Crippen molar-refractivity contribution in [3.8, 4) is 0 Å². The average molecular weight is 933 g/mol. The molecule has 366 valence electrons. The Morgan fingerprint density at radius 3 is 2.16 bits per heavy atom. The van der Waals surface area contributed by atoms with Gasteiger partial charge >= 0.3 is 12.3 Å². The van der Waals surface area contributed by atoms with Crippen LogP contribution in [0.3, 0.4) is 0 Å². The number of nitrogens with one attached hydrogen (secondary N) is 4. The van der Waals surface area contributed by atoms with Gasteiger partial charge in [0.2, 0.25) is 5.91 Å². The summed E-state index contributed by atoms with van der Waals surface area (Å²) in [7, 11) is 0. The Hall–Kier alpha value is -5.48. The highest BCUT2D eigenvalue weighted by Gasteiger charge is 2.34. The SMILES string of the molecule is Cc1c([C@@H](C)Nc2nnc(C)c3ccc(N4CCN(CCCCCCCNC(=O)[C@H](CC(C)C)NC(=O)[C@@H](O)[C@@H](Cc5ccccc5)NC(=O)OC(C)(C)C)CC4)cc23)cccc1C(F)(F)F. The number of aliphatic hydroxyl groups excluding tert-OH is 1. The molecule has 0 radical (unpaired) electrons. The maximum atomic E-state index is 13.7. The molecule has 1 aliphatic rings. The monoisotopic (exact) mass is 933 g/mol. The van der Waals surface area contributed by atoms with Crippen LogP contribution in [0, 0.1) is 19.8 Å². The van der Waals surface area contributed by atoms with Crippen molar-refractivity contribution in [3.05, 3.63) is 94.7 Å². The van der Waals surface area contributed by atoms with E-state index in [9.17, 15) is 32.7 Å². The standard InChI is InChI=1S/C51H71F3N8O5/c1-33(2)30-44(57-48(65)45(63)43(31-37-18-13-12-14-19-37)58-49(66)67-50(6,7)8)47(64)55-24-15-10-9-11-16-25-61-26-28-62(29-27-61)38-22-23-40-36(5)59-60-46(41(40)32-38)56-35(4)39-20-17-21-42(34(39)3)51(52,53)54/h12-14,17-23,32-33,35,43-45,63H,9-11,15-16,24-31H2,1-8H3,(H,55,64)(H,56,60)(H,57,65)(H,58,66)/t35-,43-,44+,45+/m1/s1. The fourth-order valence-electron chi connectivity index (χ4n) is 8.56. The highest BCUT2D eigenvalue weighted by atomic mass is 19.4. The van der Waals surface area contributed by atoms with Crippen LogP contribution in [0.1, 0.15) is 114 Å². The van der Waals surface area contributed by atoms with Crippen LogP contribution < -0.4 is 26.2 Å². The molecule has 67 heavy (non-hydrogen) atoms. The summed E-state index contributed by atoms with van der Waals surface area (Å²) < 4.78 is 46.4. The topological polar surface area (TPSA) is 161 Å². The van der Waals surface area contributed by atoms with Gasteiger partial charge in [-0.3, -0.25) is 14.5 Å². The fraction of sp³-hybridized carbons (Fsp3) is 0.549. The van der Waals surface area contributed by atoms with Crippen LogP contribution in [0.4, 0.5) is 29.5 Å². The molecule has 0 bridgehead atoms. The van der Waals surface area contributed by atoms with E-state index in [1.807, 2.05) is 64.1 Å². The number of halogens is 3. The molecule has 3 aromatic carbocycles. The minimum Gasteiger partial charge on any atom is -0.444 e. The lowest BCUT2D eigenvalue weighted by atomic mass is 9.97. The van der Waals surface area contributed by atoms with Gasteiger partial charge in [-0.2, -0.15) is 18.3 Å². The number of benzene rings is 3. The van der Waals surface area contributed by atoms with Crippen LogP contribution in [-0.2, 0) is 26.9 Å². The third-order valence-corrected chi connectivity index (χ3v) is 12.1. The van der Waals surface area contributed by atoms with Crippen molar-refractivity contribution in [2.45, 2.75) is 136 Å². The van der Waals surface area contributed by atoms with E-state index in [4.69, 9.17) is 4.74 Å². The van der Waals surface area contributed by atoms with E-state index in [0.29, 0.717) is 24.3 Å². The lowest BCUT2D eigenvalue weighted by Crippen LogP contribution is -2.56. The molecule has 3 amide bonds. The molecule has 13 nitrogen and oxygen atoms in total. The number of fused-ring (bicyclic) bond motifs is 1. The number of piperazine rings is 1. The predicted molar refractivity (Wildman–Crippen MR) is 258 cm³/mol. The number of aromatic nitrogens is 2. The summed E-state index contributed by atoms with van der Waals surface area (Å²) in [5.74, 6) is -0.433. The number of alkyl carbamates (subject to hydrolysis) is 1. The molecule has 16 heteroatoms. The third kappa shape index (κ3) is 15.8. The van der Waals surface area contributed by atoms with Gasteiger partial charge in [-0.15, -0.1) is 5.10 Å². The van der Waals surface area contributed by atoms with E-state index in [1.54, 1.807) is 26.8 Å². The summed E-state index contributed by atoms with van der Waals surface area (Å²) >= 11 is 0. The predicted octanol–water partition coefficient (Wildman–Crippen LogP) is 8.66. The van der Waals surface area contributed by atoms with E-state index < -0.39 is 53.6 Å². The molecule has 2 heterocycles. The number of anilines is 2. The first-order chi connectivity index (χ1) is 31.7. The van der Waals surface area contributed by atoms with Crippen LogP contribution in [0.15, 0.2) is 66.7 Å². The van der Waals surface area contributed by atoms with E-state index >= 15 is 0 Å². The third-order valence-electron chi connectivity index (χ3n) is 12.1. The van der Waals surface area contributed by atoms with E-state index in [2.05, 4.69) is 53.4 Å². The molecular formula is C51H71F3N8O5. The first kappa shape index (κ1) is 52.5. The molecule has 4 aromatic rings. The van der Waals surface area contributed by atoms with E-state index in [-0.39, 0.29) is 23.8 Å². The van der Waals surface area contributed by atoms with Crippen molar-refractivity contribution in [2.75, 3.05) is 49.5 Å². The lowest BCUT2D eigenvalue weighted by Gasteiger charge is -2.36. The number of ether oxygens (including phenoxy) is 1. The van der Waals surface area contributed by atoms with Gasteiger partial charge in [0.25, 0.3) is 5.91 Å². The Kier molecular flexibility index (Phi) is 18.8. The zero-order chi connectivity index (χ0) is 48.9. The molecular weight excluding hydrogens is 862 g/mol. The first-order valence-electron chi connectivity index (χ1n) is 23.7. The molecule has 5 N–H and O–H groups in total. The van der Waals surface area contributed by atoms with Gasteiger partial charge in [0.15, 0.2) is 11.9 Å². The number of carbonyl (C=O) groups excluding carboxylic acids is 3. The second kappa shape index (κ2) is 24.0. The quantitative estimate of drug-likeness (QED) is 0.0512. The minimum absolute atomic E-state index is 0.0928. The number of unbranched alkanes of at least 4 members (excludes halogenated alkanes) is 4. The number of hydrogen-bond donors (Lipinski definition) is 5. The van der Waals surface area contributed by atoms with Crippen molar-refractivity contribution < 1.29 is 37.4 Å². The maximum Gasteiger partial charge on any atom is 0.416 e. The Morgan fingerprint density at radius 1 is 0.806 bits per heavy atom. The normalized spacial score (nSPS) is 15.4. The van der Waals surface area contributed by atoms with Crippen molar-refractivity contribution in [2.24, 2.45) is 5.92 Å². The van der Waals surface area contributed by atoms with Gasteiger partial charge in [0.1, 0.15) is 11.6 Å². The maximum absolute atomic E-state index is 13.7. The molecule has 0 saturated carbocycles. The van der Waals surface area contributed by atoms with E-state index in [1.165, 1.54) is 13.0 Å². The smallest absolute Gasteiger partial charge is 0.416 e. The fourth-order valence-corrected chi connectivity index (χ4v) is 8.56. The Labute approximate surface area is 394 Å². The summed E-state index contributed by atoms with van der Waals surface area (Å²) in [6, 6.07) is 17.4. The van der Waals surface area contributed by atoms with Gasteiger partial charge in [-0.1, -0.05) is 81.6 Å². The van der Waals surface area contributed by atoms with Crippen LogP contribution >= 0.6 is 0 Å². The summed E-state index contributed by atoms with van der Waals surface area (Å²) in [5, 5.41) is 33.5. The Morgan fingerprint density at radius 2 is 1.49 bits per heavy atom. The zero-order valence-electron chi connectivity index (χ0n) is 40.4. The first-order valence-corrected chi connectivity index (χ1v) is 23.7. The van der Waals surface area contributed by atoms with Crippen LogP contribution in [0.2, 0.25) is 0 Å². The number of rotatable bonds is 21. The number of hydrogen-bond acceptors (Lipinski definition) is 10. The molecule has 0 spiro atoms. The molecule has 0 aliphatic carbocycles. The Balaban J connectivity index is 1.04. The van der Waals surface area contributed by atoms with E-state index in [0.717, 1.165) is 98.6 Å². The van der Waals surface area contributed by atoms with Crippen LogP contribution in [0.25, 0.3) is 10.8 Å². The summed E-state index contributed by atoms with van der Waals surface area (Å²) in [5.41, 5.74) is 1.98. The van der Waals surface area contributed by atoms with Crippen molar-refractivity contribution in [1.29, 1.82) is 0 Å². The summed E-state index contributed by atoms with van der Waals surface area (Å²) in [4.78, 5) is 44.3. The van der Waals surface area contributed by atoms with Crippen LogP contribution in [0.5, 0.6) is 0 Å². The molecule has 5 rings (SSSR count). The number of aryl methyl sites for hydroxylation is 1. The Bertz CT molecular complexity index is 2250. The van der Waals surface area contributed by atoms with Crippen molar-refractivity contribution in [3.63, 3.8) is 0 Å². The molecule has 1 fully saturated rings. The molecule has 0 unspecified atom stereocenters. The van der Waals surface area contributed by atoms with Gasteiger partial charge < -0.3 is 36.0 Å².